The Hall–Kier alpha value is -3.08. The predicted octanol–water partition coefficient (Wildman–Crippen LogP) is 1.78. The van der Waals surface area contributed by atoms with Crippen molar-refractivity contribution in [3.05, 3.63) is 24.4 Å². The van der Waals surface area contributed by atoms with Crippen LogP contribution in [0.4, 0.5) is 15.4 Å². The zero-order valence-electron chi connectivity index (χ0n) is 16.8. The van der Waals surface area contributed by atoms with E-state index in [1.165, 1.54) is 31.0 Å². The minimum absolute atomic E-state index is 0.0323. The average molecular weight is 397 g/mol. The first-order valence-corrected chi connectivity index (χ1v) is 8.49. The van der Waals surface area contributed by atoms with E-state index in [4.69, 9.17) is 14.3 Å². The molecule has 28 heavy (non-hydrogen) atoms. The number of hydrogen-bond acceptors (Lipinski definition) is 7. The molecule has 0 unspecified atom stereocenters. The van der Waals surface area contributed by atoms with Gasteiger partial charge in [-0.3, -0.25) is 19.6 Å². The number of alkyl carbamates (subject to hydrolysis) is 1. The van der Waals surface area contributed by atoms with Crippen LogP contribution in [-0.4, -0.2) is 65.8 Å². The van der Waals surface area contributed by atoms with E-state index >= 15 is 0 Å². The second-order valence-corrected chi connectivity index (χ2v) is 6.56. The third-order valence-corrected chi connectivity index (χ3v) is 3.11. The molecule has 1 aromatic rings. The molecule has 0 atom stereocenters. The SMILES string of the molecule is C=CCOC(=O)Nc1cc(C(=O)N(C)OC)n(CCNC(=O)OC(C)(C)C)n1. The normalized spacial score (nSPS) is 10.8. The number of rotatable bonds is 8. The Morgan fingerprint density at radius 1 is 1.32 bits per heavy atom. The van der Waals surface area contributed by atoms with Gasteiger partial charge in [0.2, 0.25) is 0 Å². The number of ether oxygens (including phenoxy) is 2. The number of amides is 3. The van der Waals surface area contributed by atoms with Crippen molar-refractivity contribution in [1.29, 1.82) is 0 Å². The van der Waals surface area contributed by atoms with Gasteiger partial charge in [0.05, 0.1) is 13.7 Å². The molecule has 0 bridgehead atoms. The van der Waals surface area contributed by atoms with Gasteiger partial charge < -0.3 is 14.8 Å². The van der Waals surface area contributed by atoms with Crippen LogP contribution in [0, 0.1) is 0 Å². The molecule has 0 radical (unpaired) electrons. The van der Waals surface area contributed by atoms with E-state index in [0.717, 1.165) is 5.06 Å². The third kappa shape index (κ3) is 7.66. The number of carbonyl (C=O) groups excluding carboxylic acids is 3. The molecule has 11 heteroatoms. The average Bonchev–Trinajstić information content (AvgIpc) is 2.99. The molecular weight excluding hydrogens is 370 g/mol. The van der Waals surface area contributed by atoms with Crippen LogP contribution in [0.2, 0.25) is 0 Å². The van der Waals surface area contributed by atoms with E-state index in [-0.39, 0.29) is 31.2 Å². The molecule has 0 aromatic carbocycles. The highest BCUT2D eigenvalue weighted by atomic mass is 16.7. The Bertz CT molecular complexity index is 709. The minimum atomic E-state index is -0.740. The Balaban J connectivity index is 2.85. The molecule has 1 heterocycles. The lowest BCUT2D eigenvalue weighted by Crippen LogP contribution is -2.35. The van der Waals surface area contributed by atoms with Crippen molar-refractivity contribution in [2.24, 2.45) is 0 Å². The fraction of sp³-hybridized carbons (Fsp3) is 0.529. The van der Waals surface area contributed by atoms with Crippen LogP contribution < -0.4 is 10.6 Å². The number of nitrogens with one attached hydrogen (secondary N) is 2. The van der Waals surface area contributed by atoms with Crippen molar-refractivity contribution in [2.75, 3.05) is 32.6 Å². The molecule has 0 aliphatic carbocycles. The van der Waals surface area contributed by atoms with E-state index in [1.807, 2.05) is 0 Å². The van der Waals surface area contributed by atoms with E-state index < -0.39 is 23.7 Å². The zero-order valence-corrected chi connectivity index (χ0v) is 16.8. The van der Waals surface area contributed by atoms with Gasteiger partial charge in [-0.25, -0.2) is 14.7 Å². The van der Waals surface area contributed by atoms with Crippen molar-refractivity contribution in [3.63, 3.8) is 0 Å². The first-order valence-electron chi connectivity index (χ1n) is 8.49. The number of hydrogen-bond donors (Lipinski definition) is 2. The maximum absolute atomic E-state index is 12.4. The predicted molar refractivity (Wildman–Crippen MR) is 101 cm³/mol. The van der Waals surface area contributed by atoms with Crippen LogP contribution in [0.1, 0.15) is 31.3 Å². The molecule has 2 N–H and O–H groups in total. The first-order chi connectivity index (χ1) is 13.1. The van der Waals surface area contributed by atoms with E-state index in [2.05, 4.69) is 22.3 Å². The highest BCUT2D eigenvalue weighted by Gasteiger charge is 2.21. The summed E-state index contributed by atoms with van der Waals surface area (Å²) < 4.78 is 11.3. The summed E-state index contributed by atoms with van der Waals surface area (Å²) in [5.41, 5.74) is -0.476. The second-order valence-electron chi connectivity index (χ2n) is 6.56. The fourth-order valence-electron chi connectivity index (χ4n) is 1.92. The van der Waals surface area contributed by atoms with Gasteiger partial charge in [-0.2, -0.15) is 5.10 Å². The molecule has 0 saturated heterocycles. The summed E-state index contributed by atoms with van der Waals surface area (Å²) in [4.78, 5) is 40.7. The van der Waals surface area contributed by atoms with Gasteiger partial charge in [0.15, 0.2) is 5.82 Å². The summed E-state index contributed by atoms with van der Waals surface area (Å²) in [6.45, 7) is 9.03. The van der Waals surface area contributed by atoms with Crippen molar-refractivity contribution < 1.29 is 28.7 Å². The van der Waals surface area contributed by atoms with Gasteiger partial charge in [-0.05, 0) is 20.8 Å². The van der Waals surface area contributed by atoms with E-state index in [1.54, 1.807) is 20.8 Å². The van der Waals surface area contributed by atoms with Crippen LogP contribution in [0.5, 0.6) is 0 Å². The Morgan fingerprint density at radius 3 is 2.57 bits per heavy atom. The van der Waals surface area contributed by atoms with Gasteiger partial charge in [-0.1, -0.05) is 12.7 Å². The molecule has 0 aliphatic rings. The van der Waals surface area contributed by atoms with Crippen molar-refractivity contribution in [1.82, 2.24) is 20.2 Å². The summed E-state index contributed by atoms with van der Waals surface area (Å²) in [7, 11) is 2.78. The van der Waals surface area contributed by atoms with Crippen LogP contribution in [-0.2, 0) is 20.9 Å². The smallest absolute Gasteiger partial charge is 0.413 e. The molecule has 3 amide bonds. The van der Waals surface area contributed by atoms with Gasteiger partial charge in [0.25, 0.3) is 5.91 Å². The fourth-order valence-corrected chi connectivity index (χ4v) is 1.92. The highest BCUT2D eigenvalue weighted by molar-refractivity contribution is 5.93. The molecule has 11 nitrogen and oxygen atoms in total. The topological polar surface area (TPSA) is 124 Å². The second kappa shape index (κ2) is 10.3. The lowest BCUT2D eigenvalue weighted by molar-refractivity contribution is -0.0763. The monoisotopic (exact) mass is 397 g/mol. The van der Waals surface area contributed by atoms with E-state index in [0.29, 0.717) is 0 Å². The highest BCUT2D eigenvalue weighted by Crippen LogP contribution is 2.13. The van der Waals surface area contributed by atoms with Gasteiger partial charge in [-0.15, -0.1) is 0 Å². The quantitative estimate of drug-likeness (QED) is 0.506. The summed E-state index contributed by atoms with van der Waals surface area (Å²) in [5, 5.41) is 10.1. The van der Waals surface area contributed by atoms with Crippen LogP contribution in [0.25, 0.3) is 0 Å². The zero-order chi connectivity index (χ0) is 21.3. The molecule has 1 rings (SSSR count). The lowest BCUT2D eigenvalue weighted by Gasteiger charge is -2.19. The molecule has 1 aromatic heterocycles. The van der Waals surface area contributed by atoms with Gasteiger partial charge in [0.1, 0.15) is 17.9 Å². The molecule has 0 aliphatic heterocycles. The van der Waals surface area contributed by atoms with Crippen LogP contribution in [0.15, 0.2) is 18.7 Å². The number of nitrogens with zero attached hydrogens (tertiary/aromatic N) is 3. The molecule has 0 spiro atoms. The van der Waals surface area contributed by atoms with Crippen molar-refractivity contribution in [2.45, 2.75) is 32.9 Å². The van der Waals surface area contributed by atoms with Gasteiger partial charge in [0, 0.05) is 19.7 Å². The van der Waals surface area contributed by atoms with Crippen LogP contribution >= 0.6 is 0 Å². The number of anilines is 1. The lowest BCUT2D eigenvalue weighted by atomic mass is 10.2. The number of aromatic nitrogens is 2. The summed E-state index contributed by atoms with van der Waals surface area (Å²) >= 11 is 0. The number of hydroxylamine groups is 2. The standard InChI is InChI=1S/C17H27N5O6/c1-7-10-27-16(25)19-13-11-12(14(23)21(5)26-6)22(20-13)9-8-18-15(24)28-17(2,3)4/h7,11H,1,8-10H2,2-6H3,(H,18,24)(H,19,20,25). The van der Waals surface area contributed by atoms with Crippen molar-refractivity contribution >= 4 is 23.9 Å². The largest absolute Gasteiger partial charge is 0.445 e. The maximum Gasteiger partial charge on any atom is 0.413 e. The number of carbonyl (C=O) groups is 3. The van der Waals surface area contributed by atoms with Crippen molar-refractivity contribution in [3.8, 4) is 0 Å². The van der Waals surface area contributed by atoms with Crippen LogP contribution in [0.3, 0.4) is 0 Å². The minimum Gasteiger partial charge on any atom is -0.445 e. The summed E-state index contributed by atoms with van der Waals surface area (Å²) in [6, 6.07) is 1.38. The van der Waals surface area contributed by atoms with E-state index in [9.17, 15) is 14.4 Å². The summed E-state index contributed by atoms with van der Waals surface area (Å²) in [5.74, 6) is -0.376. The first kappa shape index (κ1) is 23.0. The molecule has 156 valence electrons. The Labute approximate surface area is 163 Å². The van der Waals surface area contributed by atoms with Gasteiger partial charge >= 0.3 is 12.2 Å². The third-order valence-electron chi connectivity index (χ3n) is 3.11. The maximum atomic E-state index is 12.4. The Kier molecular flexibility index (Phi) is 8.45. The molecular formula is C17H27N5O6. The molecule has 0 saturated carbocycles. The summed E-state index contributed by atoms with van der Waals surface area (Å²) in [6.07, 6.45) is 0.0895. The Morgan fingerprint density at radius 2 is 2.00 bits per heavy atom. The molecule has 0 fully saturated rings.